The van der Waals surface area contributed by atoms with Crippen molar-refractivity contribution in [3.63, 3.8) is 0 Å². The van der Waals surface area contributed by atoms with Crippen molar-refractivity contribution in [1.29, 1.82) is 0 Å². The summed E-state index contributed by atoms with van der Waals surface area (Å²) in [6.45, 7) is 3.81. The molecular weight excluding hydrogens is 360 g/mol. The van der Waals surface area contributed by atoms with Crippen molar-refractivity contribution in [2.24, 2.45) is 0 Å². The first-order chi connectivity index (χ1) is 9.98. The number of likely N-dealkylation sites (N-methyl/N-ethyl adjacent to an activating group) is 1. The van der Waals surface area contributed by atoms with Crippen molar-refractivity contribution in [2.45, 2.75) is 37.3 Å². The van der Waals surface area contributed by atoms with E-state index >= 15 is 0 Å². The third-order valence-corrected chi connectivity index (χ3v) is 6.26. The van der Waals surface area contributed by atoms with Gasteiger partial charge in [-0.05, 0) is 35.8 Å². The van der Waals surface area contributed by atoms with Gasteiger partial charge in [-0.2, -0.15) is 4.31 Å². The van der Waals surface area contributed by atoms with Crippen LogP contribution in [0.1, 0.15) is 25.5 Å². The van der Waals surface area contributed by atoms with E-state index in [0.29, 0.717) is 32.0 Å². The number of nitrogens with one attached hydrogen (secondary N) is 1. The van der Waals surface area contributed by atoms with Crippen LogP contribution in [0.25, 0.3) is 0 Å². The lowest BCUT2D eigenvalue weighted by Crippen LogP contribution is -2.37. The monoisotopic (exact) mass is 380 g/mol. The maximum absolute atomic E-state index is 12.7. The average Bonchev–Trinajstić information content (AvgIpc) is 3.06. The van der Waals surface area contributed by atoms with E-state index in [1.165, 1.54) is 4.31 Å². The summed E-state index contributed by atoms with van der Waals surface area (Å²) >= 11 is 3.20. The Bertz CT molecular complexity index is 567. The van der Waals surface area contributed by atoms with Gasteiger partial charge in [-0.1, -0.05) is 6.92 Å². The van der Waals surface area contributed by atoms with E-state index < -0.39 is 10.0 Å². The normalized spacial score (nSPS) is 19.5. The fourth-order valence-electron chi connectivity index (χ4n) is 2.39. The van der Waals surface area contributed by atoms with Gasteiger partial charge in [-0.3, -0.25) is 0 Å². The number of hydrogen-bond acceptors (Lipinski definition) is 5. The summed E-state index contributed by atoms with van der Waals surface area (Å²) in [5.74, 6) is 0.580. The summed E-state index contributed by atoms with van der Waals surface area (Å²) in [7, 11) is -1.80. The van der Waals surface area contributed by atoms with E-state index in [4.69, 9.17) is 9.15 Å². The van der Waals surface area contributed by atoms with Crippen molar-refractivity contribution in [2.75, 3.05) is 26.7 Å². The third kappa shape index (κ3) is 3.87. The Morgan fingerprint density at radius 3 is 2.86 bits per heavy atom. The van der Waals surface area contributed by atoms with Crippen molar-refractivity contribution in [3.05, 3.63) is 16.5 Å². The molecule has 0 spiro atoms. The Kier molecular flexibility index (Phi) is 5.84. The molecule has 8 heteroatoms. The summed E-state index contributed by atoms with van der Waals surface area (Å²) in [5.41, 5.74) is 0. The number of hydrogen-bond donors (Lipinski definition) is 1. The van der Waals surface area contributed by atoms with Crippen LogP contribution in [0.4, 0.5) is 0 Å². The third-order valence-electron chi connectivity index (χ3n) is 3.46. The molecule has 0 aliphatic carbocycles. The molecule has 120 valence electrons. The molecule has 1 fully saturated rings. The van der Waals surface area contributed by atoms with Crippen LogP contribution in [-0.2, 0) is 21.3 Å². The molecule has 1 atom stereocenters. The molecule has 2 rings (SSSR count). The van der Waals surface area contributed by atoms with Crippen molar-refractivity contribution < 1.29 is 17.6 Å². The van der Waals surface area contributed by atoms with Gasteiger partial charge >= 0.3 is 0 Å². The lowest BCUT2D eigenvalue weighted by Gasteiger charge is -2.22. The molecule has 1 saturated heterocycles. The maximum atomic E-state index is 12.7. The molecule has 1 N–H and O–H groups in total. The van der Waals surface area contributed by atoms with Gasteiger partial charge in [0.05, 0.1) is 12.6 Å². The van der Waals surface area contributed by atoms with Crippen LogP contribution >= 0.6 is 15.9 Å². The summed E-state index contributed by atoms with van der Waals surface area (Å²) in [6, 6.07) is 1.56. The maximum Gasteiger partial charge on any atom is 0.247 e. The molecule has 0 bridgehead atoms. The average molecular weight is 381 g/mol. The van der Waals surface area contributed by atoms with Crippen LogP contribution in [0.15, 0.2) is 20.0 Å². The summed E-state index contributed by atoms with van der Waals surface area (Å²) < 4.78 is 38.2. The predicted octanol–water partition coefficient (Wildman–Crippen LogP) is 1.95. The van der Waals surface area contributed by atoms with Gasteiger partial charge in [0.15, 0.2) is 4.67 Å². The van der Waals surface area contributed by atoms with E-state index in [2.05, 4.69) is 21.2 Å². The molecule has 6 nitrogen and oxygen atoms in total. The summed E-state index contributed by atoms with van der Waals surface area (Å²) in [5, 5.41) is 2.93. The van der Waals surface area contributed by atoms with Crippen LogP contribution in [0.3, 0.4) is 0 Å². The predicted molar refractivity (Wildman–Crippen MR) is 82.6 cm³/mol. The molecule has 1 aliphatic heterocycles. The van der Waals surface area contributed by atoms with Gasteiger partial charge in [0.2, 0.25) is 10.0 Å². The van der Waals surface area contributed by atoms with Gasteiger partial charge in [0.1, 0.15) is 10.7 Å². The Labute approximate surface area is 134 Å². The first-order valence-corrected chi connectivity index (χ1v) is 9.27. The van der Waals surface area contributed by atoms with Crippen LogP contribution in [0, 0.1) is 0 Å². The largest absolute Gasteiger partial charge is 0.452 e. The summed E-state index contributed by atoms with van der Waals surface area (Å²) in [4.78, 5) is 0.174. The van der Waals surface area contributed by atoms with Crippen molar-refractivity contribution in [3.8, 4) is 0 Å². The zero-order valence-corrected chi connectivity index (χ0v) is 14.7. The number of furan rings is 1. The van der Waals surface area contributed by atoms with E-state index in [9.17, 15) is 8.42 Å². The van der Waals surface area contributed by atoms with E-state index in [1.54, 1.807) is 13.1 Å². The Morgan fingerprint density at radius 1 is 1.52 bits per heavy atom. The Morgan fingerprint density at radius 2 is 2.29 bits per heavy atom. The zero-order valence-electron chi connectivity index (χ0n) is 12.3. The highest BCUT2D eigenvalue weighted by molar-refractivity contribution is 9.10. The van der Waals surface area contributed by atoms with Crippen molar-refractivity contribution >= 4 is 26.0 Å². The van der Waals surface area contributed by atoms with E-state index in [-0.39, 0.29) is 15.7 Å². The molecule has 0 aromatic carbocycles. The molecule has 2 heterocycles. The number of ether oxygens (including phenoxy) is 1. The SMILES string of the molecule is CCN(CC1CCCO1)S(=O)(=O)c1cc(CNC)oc1Br. The zero-order chi connectivity index (χ0) is 15.5. The molecule has 0 radical (unpaired) electrons. The minimum Gasteiger partial charge on any atom is -0.452 e. The van der Waals surface area contributed by atoms with Gasteiger partial charge in [-0.25, -0.2) is 8.42 Å². The van der Waals surface area contributed by atoms with Gasteiger partial charge < -0.3 is 14.5 Å². The number of halogens is 1. The van der Waals surface area contributed by atoms with Crippen LogP contribution in [0.2, 0.25) is 0 Å². The van der Waals surface area contributed by atoms with E-state index in [1.807, 2.05) is 6.92 Å². The highest BCUT2D eigenvalue weighted by Gasteiger charge is 2.31. The Hall–Kier alpha value is -0.410. The lowest BCUT2D eigenvalue weighted by atomic mass is 10.2. The second-order valence-corrected chi connectivity index (χ2v) is 7.60. The standard InChI is InChI=1S/C13H21BrN2O4S/c1-3-16(9-10-5-4-6-19-10)21(17,18)12-7-11(8-15-2)20-13(12)14/h7,10,15H,3-6,8-9H2,1-2H3. The first kappa shape index (κ1) is 17.0. The second-order valence-electron chi connectivity index (χ2n) is 4.97. The highest BCUT2D eigenvalue weighted by Crippen LogP contribution is 2.29. The molecule has 1 aliphatic rings. The van der Waals surface area contributed by atoms with Crippen LogP contribution in [0.5, 0.6) is 0 Å². The molecule has 0 amide bonds. The highest BCUT2D eigenvalue weighted by atomic mass is 79.9. The first-order valence-electron chi connectivity index (χ1n) is 7.03. The second kappa shape index (κ2) is 7.23. The number of nitrogens with zero attached hydrogens (tertiary/aromatic N) is 1. The fraction of sp³-hybridized carbons (Fsp3) is 0.692. The van der Waals surface area contributed by atoms with Crippen LogP contribution in [-0.4, -0.2) is 45.6 Å². The van der Waals surface area contributed by atoms with Crippen molar-refractivity contribution in [1.82, 2.24) is 9.62 Å². The number of sulfonamides is 1. The summed E-state index contributed by atoms with van der Waals surface area (Å²) in [6.07, 6.45) is 1.88. The topological polar surface area (TPSA) is 71.8 Å². The van der Waals surface area contributed by atoms with E-state index in [0.717, 1.165) is 12.8 Å². The molecule has 21 heavy (non-hydrogen) atoms. The smallest absolute Gasteiger partial charge is 0.247 e. The molecular formula is C13H21BrN2O4S. The Balaban J connectivity index is 2.21. The molecule has 1 unspecified atom stereocenters. The van der Waals surface area contributed by atoms with Gasteiger partial charge in [-0.15, -0.1) is 0 Å². The molecule has 1 aromatic heterocycles. The van der Waals surface area contributed by atoms with Crippen LogP contribution < -0.4 is 5.32 Å². The minimum atomic E-state index is -3.58. The number of rotatable bonds is 7. The minimum absolute atomic E-state index is 0.0119. The molecule has 0 saturated carbocycles. The fourth-order valence-corrected chi connectivity index (χ4v) is 4.83. The lowest BCUT2D eigenvalue weighted by molar-refractivity contribution is 0.0946. The quantitative estimate of drug-likeness (QED) is 0.782. The van der Waals surface area contributed by atoms with Gasteiger partial charge in [0, 0.05) is 25.8 Å². The van der Waals surface area contributed by atoms with Gasteiger partial charge in [0.25, 0.3) is 0 Å². The molecule has 1 aromatic rings.